The normalized spacial score (nSPS) is 17.6. The molecule has 10 heteroatoms. The van der Waals surface area contributed by atoms with Gasteiger partial charge in [-0.1, -0.05) is 79.2 Å². The standard InChI is InChI=1S/C35H38ClN3O5S/c1-24-20-39(25(2)23-40)35(41)31-10-7-11-32(37-45(42,43)30-18-16-29(36)17-19-30)34(31)44-33(24)22-38(3)21-26-12-14-28(15-13-26)27-8-5-4-6-9-27/h4-19,24-25,33,37,40H,20-23H2,1-3H3/t24-,25-,33-/m1/s1. The number of hydrogen-bond donors (Lipinski definition) is 2. The van der Waals surface area contributed by atoms with E-state index in [1.54, 1.807) is 30.0 Å². The highest BCUT2D eigenvalue weighted by Gasteiger charge is 2.35. The van der Waals surface area contributed by atoms with E-state index < -0.39 is 22.2 Å². The summed E-state index contributed by atoms with van der Waals surface area (Å²) in [6.07, 6.45) is -0.403. The maximum Gasteiger partial charge on any atom is 0.262 e. The average molecular weight is 648 g/mol. The van der Waals surface area contributed by atoms with Gasteiger partial charge in [-0.05, 0) is 67.1 Å². The molecule has 45 heavy (non-hydrogen) atoms. The second-order valence-electron chi connectivity index (χ2n) is 11.6. The highest BCUT2D eigenvalue weighted by molar-refractivity contribution is 7.92. The zero-order chi connectivity index (χ0) is 32.1. The largest absolute Gasteiger partial charge is 0.486 e. The molecule has 3 atom stereocenters. The molecular weight excluding hydrogens is 610 g/mol. The van der Waals surface area contributed by atoms with E-state index in [1.165, 1.54) is 24.3 Å². The number of fused-ring (bicyclic) bond motifs is 1. The van der Waals surface area contributed by atoms with Crippen LogP contribution in [0.4, 0.5) is 5.69 Å². The van der Waals surface area contributed by atoms with Crippen LogP contribution in [-0.2, 0) is 16.6 Å². The maximum absolute atomic E-state index is 13.8. The number of ether oxygens (including phenoxy) is 1. The van der Waals surface area contributed by atoms with Crippen LogP contribution in [0.1, 0.15) is 29.8 Å². The lowest BCUT2D eigenvalue weighted by Crippen LogP contribution is -2.49. The van der Waals surface area contributed by atoms with E-state index in [0.717, 1.165) is 16.7 Å². The highest BCUT2D eigenvalue weighted by atomic mass is 35.5. The highest BCUT2D eigenvalue weighted by Crippen LogP contribution is 2.36. The van der Waals surface area contributed by atoms with E-state index in [2.05, 4.69) is 46.0 Å². The van der Waals surface area contributed by atoms with Gasteiger partial charge in [-0.15, -0.1) is 0 Å². The van der Waals surface area contributed by atoms with Gasteiger partial charge in [0.25, 0.3) is 15.9 Å². The molecule has 1 aliphatic heterocycles. The number of likely N-dealkylation sites (N-methyl/N-ethyl adjacent to an activating group) is 1. The van der Waals surface area contributed by atoms with Gasteiger partial charge in [0, 0.05) is 30.6 Å². The number of sulfonamides is 1. The van der Waals surface area contributed by atoms with Crippen LogP contribution in [0.5, 0.6) is 5.75 Å². The van der Waals surface area contributed by atoms with Crippen LogP contribution in [0.3, 0.4) is 0 Å². The van der Waals surface area contributed by atoms with Crippen LogP contribution in [0, 0.1) is 5.92 Å². The number of aliphatic hydroxyl groups excluding tert-OH is 1. The van der Waals surface area contributed by atoms with E-state index in [1.807, 2.05) is 32.2 Å². The molecular formula is C35H38ClN3O5S. The molecule has 1 amide bonds. The molecule has 8 nitrogen and oxygen atoms in total. The summed E-state index contributed by atoms with van der Waals surface area (Å²) >= 11 is 5.97. The Morgan fingerprint density at radius 2 is 1.64 bits per heavy atom. The van der Waals surface area contributed by atoms with Gasteiger partial charge in [0.15, 0.2) is 5.75 Å². The smallest absolute Gasteiger partial charge is 0.262 e. The Hall–Kier alpha value is -3.89. The minimum atomic E-state index is -4.02. The number of anilines is 1. The SMILES string of the molecule is C[C@@H]1CN([C@H](C)CO)C(=O)c2cccc(NS(=O)(=O)c3ccc(Cl)cc3)c2O[C@@H]1CN(C)Cc1ccc(-c2ccccc2)cc1. The number of amides is 1. The average Bonchev–Trinajstić information content (AvgIpc) is 3.03. The number of para-hydroxylation sites is 1. The molecule has 0 aromatic heterocycles. The first kappa shape index (κ1) is 32.5. The summed E-state index contributed by atoms with van der Waals surface area (Å²) < 4.78 is 35.9. The van der Waals surface area contributed by atoms with Gasteiger partial charge in [0.2, 0.25) is 0 Å². The number of nitrogens with zero attached hydrogens (tertiary/aromatic N) is 2. The zero-order valence-electron chi connectivity index (χ0n) is 25.6. The van der Waals surface area contributed by atoms with Crippen LogP contribution in [0.25, 0.3) is 11.1 Å². The molecule has 0 bridgehead atoms. The van der Waals surface area contributed by atoms with Gasteiger partial charge in [-0.3, -0.25) is 14.4 Å². The topological polar surface area (TPSA) is 99.2 Å². The molecule has 0 fully saturated rings. The summed E-state index contributed by atoms with van der Waals surface area (Å²) in [5.41, 5.74) is 3.82. The third-order valence-electron chi connectivity index (χ3n) is 8.06. The number of carbonyl (C=O) groups excluding carboxylic acids is 1. The fraction of sp³-hybridized carbons (Fsp3) is 0.286. The molecule has 5 rings (SSSR count). The van der Waals surface area contributed by atoms with Crippen LogP contribution in [0.2, 0.25) is 5.02 Å². The molecule has 4 aromatic rings. The molecule has 1 heterocycles. The first-order valence-electron chi connectivity index (χ1n) is 14.9. The van der Waals surface area contributed by atoms with Crippen molar-refractivity contribution in [1.82, 2.24) is 9.80 Å². The molecule has 0 saturated heterocycles. The molecule has 0 spiro atoms. The molecule has 2 N–H and O–H groups in total. The minimum absolute atomic E-state index is 0.0279. The summed E-state index contributed by atoms with van der Waals surface area (Å²) in [5, 5.41) is 10.4. The van der Waals surface area contributed by atoms with E-state index in [4.69, 9.17) is 16.3 Å². The molecule has 0 aliphatic carbocycles. The van der Waals surface area contributed by atoms with Crippen molar-refractivity contribution in [2.45, 2.75) is 37.4 Å². The molecule has 1 aliphatic rings. The second-order valence-corrected chi connectivity index (χ2v) is 13.7. The molecule has 236 valence electrons. The van der Waals surface area contributed by atoms with Crippen molar-refractivity contribution in [2.24, 2.45) is 5.92 Å². The number of benzene rings is 4. The van der Waals surface area contributed by atoms with Gasteiger partial charge >= 0.3 is 0 Å². The summed E-state index contributed by atoms with van der Waals surface area (Å²) in [6.45, 7) is 5.12. The van der Waals surface area contributed by atoms with E-state index >= 15 is 0 Å². The van der Waals surface area contributed by atoms with E-state index in [9.17, 15) is 18.3 Å². The van der Waals surface area contributed by atoms with E-state index in [-0.39, 0.29) is 40.3 Å². The summed E-state index contributed by atoms with van der Waals surface area (Å²) in [4.78, 5) is 17.6. The van der Waals surface area contributed by atoms with Crippen molar-refractivity contribution in [2.75, 3.05) is 31.5 Å². The quantitative estimate of drug-likeness (QED) is 0.214. The number of hydrogen-bond acceptors (Lipinski definition) is 6. The number of carbonyl (C=O) groups is 1. The zero-order valence-corrected chi connectivity index (χ0v) is 27.1. The lowest BCUT2D eigenvalue weighted by Gasteiger charge is -2.38. The molecule has 0 radical (unpaired) electrons. The molecule has 4 aromatic carbocycles. The Bertz CT molecular complexity index is 1720. The lowest BCUT2D eigenvalue weighted by atomic mass is 9.98. The van der Waals surface area contributed by atoms with Crippen molar-refractivity contribution in [3.8, 4) is 16.9 Å². The van der Waals surface area contributed by atoms with Crippen LogP contribution in [0.15, 0.2) is 102 Å². The Labute approximate surface area is 270 Å². The number of rotatable bonds is 10. The minimum Gasteiger partial charge on any atom is -0.486 e. The van der Waals surface area contributed by atoms with Crippen molar-refractivity contribution in [3.05, 3.63) is 113 Å². The second kappa shape index (κ2) is 14.0. The first-order chi connectivity index (χ1) is 21.6. The summed E-state index contributed by atoms with van der Waals surface area (Å²) in [6, 6.07) is 28.9. The van der Waals surface area contributed by atoms with Gasteiger partial charge in [0.05, 0.1) is 28.8 Å². The Kier molecular flexibility index (Phi) is 10.1. The van der Waals surface area contributed by atoms with Crippen molar-refractivity contribution < 1.29 is 23.1 Å². The third-order valence-corrected chi connectivity index (χ3v) is 9.70. The number of nitrogens with one attached hydrogen (secondary N) is 1. The van der Waals surface area contributed by atoms with Gasteiger partial charge in [-0.25, -0.2) is 8.42 Å². The van der Waals surface area contributed by atoms with Gasteiger partial charge < -0.3 is 14.7 Å². The third kappa shape index (κ3) is 7.68. The maximum atomic E-state index is 13.8. The van der Waals surface area contributed by atoms with Crippen molar-refractivity contribution >= 4 is 33.2 Å². The first-order valence-corrected chi connectivity index (χ1v) is 16.7. The number of halogens is 1. The fourth-order valence-corrected chi connectivity index (χ4v) is 6.66. The Morgan fingerprint density at radius 1 is 0.978 bits per heavy atom. The summed E-state index contributed by atoms with van der Waals surface area (Å²) in [7, 11) is -2.01. The van der Waals surface area contributed by atoms with Gasteiger partial charge in [0.1, 0.15) is 6.10 Å². The van der Waals surface area contributed by atoms with Crippen LogP contribution >= 0.6 is 11.6 Å². The van der Waals surface area contributed by atoms with Crippen LogP contribution in [-0.4, -0.2) is 68.1 Å². The predicted octanol–water partition coefficient (Wildman–Crippen LogP) is 6.16. The fourth-order valence-electron chi connectivity index (χ4n) is 5.48. The Morgan fingerprint density at radius 3 is 2.31 bits per heavy atom. The molecule has 0 saturated carbocycles. The van der Waals surface area contributed by atoms with Crippen molar-refractivity contribution in [3.63, 3.8) is 0 Å². The van der Waals surface area contributed by atoms with Crippen molar-refractivity contribution in [1.29, 1.82) is 0 Å². The van der Waals surface area contributed by atoms with E-state index in [0.29, 0.717) is 24.7 Å². The monoisotopic (exact) mass is 647 g/mol. The van der Waals surface area contributed by atoms with Crippen LogP contribution < -0.4 is 9.46 Å². The Balaban J connectivity index is 1.42. The molecule has 0 unspecified atom stereocenters. The number of aliphatic hydroxyl groups is 1. The van der Waals surface area contributed by atoms with Gasteiger partial charge in [-0.2, -0.15) is 0 Å². The predicted molar refractivity (Wildman–Crippen MR) is 178 cm³/mol. The lowest BCUT2D eigenvalue weighted by molar-refractivity contribution is 0.0344. The summed E-state index contributed by atoms with van der Waals surface area (Å²) in [5.74, 6) is -0.316.